The summed E-state index contributed by atoms with van der Waals surface area (Å²) in [6, 6.07) is 8.21. The number of hydrogen-bond donors (Lipinski definition) is 1. The van der Waals surface area contributed by atoms with Crippen LogP contribution in [0, 0.1) is 0 Å². The van der Waals surface area contributed by atoms with Crippen molar-refractivity contribution in [2.75, 3.05) is 26.2 Å². The van der Waals surface area contributed by atoms with Crippen molar-refractivity contribution >= 4 is 12.2 Å². The Labute approximate surface area is 141 Å². The zero-order valence-electron chi connectivity index (χ0n) is 14.3. The van der Waals surface area contributed by atoms with Crippen molar-refractivity contribution in [2.45, 2.75) is 32.4 Å². The van der Waals surface area contributed by atoms with Gasteiger partial charge in [0, 0.05) is 19.6 Å². The maximum absolute atomic E-state index is 12.3. The van der Waals surface area contributed by atoms with Crippen LogP contribution in [0.1, 0.15) is 20.8 Å². The standard InChI is InChI=1S/C17H24N2O5/c1-17(2,3)24-15(21)18-9-10-19(13(11-18)12-20)16(22)23-14-7-5-4-6-8-14/h4-8,13,20H,9-12H2,1-3H3. The predicted octanol–water partition coefficient (Wildman–Crippen LogP) is 2.10. The number of carbonyl (C=O) groups is 2. The molecule has 1 fully saturated rings. The normalized spacial score (nSPS) is 18.2. The molecule has 0 spiro atoms. The quantitative estimate of drug-likeness (QED) is 0.895. The second-order valence-electron chi connectivity index (χ2n) is 6.64. The molecule has 1 saturated heterocycles. The Morgan fingerprint density at radius 1 is 1.17 bits per heavy atom. The average Bonchev–Trinajstić information content (AvgIpc) is 2.53. The lowest BCUT2D eigenvalue weighted by Gasteiger charge is -2.40. The molecule has 1 heterocycles. The number of aliphatic hydroxyl groups is 1. The van der Waals surface area contributed by atoms with Gasteiger partial charge in [-0.3, -0.25) is 4.90 Å². The van der Waals surface area contributed by atoms with Gasteiger partial charge in [0.2, 0.25) is 0 Å². The fraction of sp³-hybridized carbons (Fsp3) is 0.529. The van der Waals surface area contributed by atoms with Crippen LogP contribution in [0.2, 0.25) is 0 Å². The average molecular weight is 336 g/mol. The van der Waals surface area contributed by atoms with Gasteiger partial charge in [-0.2, -0.15) is 0 Å². The molecule has 1 aliphatic rings. The summed E-state index contributed by atoms with van der Waals surface area (Å²) < 4.78 is 10.6. The van der Waals surface area contributed by atoms with Gasteiger partial charge < -0.3 is 19.5 Å². The number of hydrogen-bond acceptors (Lipinski definition) is 5. The minimum atomic E-state index is -0.588. The Hall–Kier alpha value is -2.28. The third kappa shape index (κ3) is 4.86. The summed E-state index contributed by atoms with van der Waals surface area (Å²) in [6.07, 6.45) is -0.985. The Balaban J connectivity index is 1.97. The molecule has 0 aromatic heterocycles. The van der Waals surface area contributed by atoms with Crippen LogP contribution < -0.4 is 4.74 Å². The van der Waals surface area contributed by atoms with Gasteiger partial charge in [0.25, 0.3) is 0 Å². The monoisotopic (exact) mass is 336 g/mol. The highest BCUT2D eigenvalue weighted by Crippen LogP contribution is 2.17. The molecule has 1 aliphatic heterocycles. The number of aliphatic hydroxyl groups excluding tert-OH is 1. The van der Waals surface area contributed by atoms with E-state index in [0.717, 1.165) is 0 Å². The van der Waals surface area contributed by atoms with E-state index in [0.29, 0.717) is 12.3 Å². The predicted molar refractivity (Wildman–Crippen MR) is 87.9 cm³/mol. The first-order valence-electron chi connectivity index (χ1n) is 7.92. The summed E-state index contributed by atoms with van der Waals surface area (Å²) in [4.78, 5) is 27.4. The van der Waals surface area contributed by atoms with E-state index in [1.165, 1.54) is 9.80 Å². The third-order valence-electron chi connectivity index (χ3n) is 3.53. The maximum Gasteiger partial charge on any atom is 0.415 e. The molecule has 1 N–H and O–H groups in total. The largest absolute Gasteiger partial charge is 0.444 e. The van der Waals surface area contributed by atoms with Crippen LogP contribution in [0.4, 0.5) is 9.59 Å². The molecule has 0 aliphatic carbocycles. The molecular formula is C17H24N2O5. The highest BCUT2D eigenvalue weighted by atomic mass is 16.6. The van der Waals surface area contributed by atoms with Crippen molar-refractivity contribution in [1.29, 1.82) is 0 Å². The van der Waals surface area contributed by atoms with Gasteiger partial charge in [-0.25, -0.2) is 9.59 Å². The van der Waals surface area contributed by atoms with Gasteiger partial charge in [0.1, 0.15) is 11.4 Å². The number of rotatable bonds is 2. The molecule has 0 radical (unpaired) electrons. The fourth-order valence-corrected chi connectivity index (χ4v) is 2.39. The molecule has 0 bridgehead atoms. The van der Waals surface area contributed by atoms with Gasteiger partial charge in [-0.15, -0.1) is 0 Å². The van der Waals surface area contributed by atoms with E-state index in [4.69, 9.17) is 9.47 Å². The first-order valence-corrected chi connectivity index (χ1v) is 7.92. The van der Waals surface area contributed by atoms with Crippen LogP contribution >= 0.6 is 0 Å². The number of carbonyl (C=O) groups excluding carboxylic acids is 2. The molecule has 1 atom stereocenters. The number of piperazine rings is 1. The van der Waals surface area contributed by atoms with Gasteiger partial charge >= 0.3 is 12.2 Å². The molecule has 2 rings (SSSR count). The lowest BCUT2D eigenvalue weighted by Crippen LogP contribution is -2.59. The first kappa shape index (κ1) is 18.1. The van der Waals surface area contributed by atoms with Crippen LogP contribution in [0.3, 0.4) is 0 Å². The molecule has 1 unspecified atom stereocenters. The van der Waals surface area contributed by atoms with Gasteiger partial charge in [-0.05, 0) is 32.9 Å². The lowest BCUT2D eigenvalue weighted by atomic mass is 10.2. The molecule has 24 heavy (non-hydrogen) atoms. The van der Waals surface area contributed by atoms with Crippen LogP contribution in [-0.2, 0) is 4.74 Å². The minimum Gasteiger partial charge on any atom is -0.444 e. The van der Waals surface area contributed by atoms with Crippen LogP contribution in [0.15, 0.2) is 30.3 Å². The summed E-state index contributed by atoms with van der Waals surface area (Å²) >= 11 is 0. The van der Waals surface area contributed by atoms with E-state index in [2.05, 4.69) is 0 Å². The highest BCUT2D eigenvalue weighted by molar-refractivity contribution is 5.72. The molecule has 2 amide bonds. The van der Waals surface area contributed by atoms with E-state index in [1.54, 1.807) is 45.0 Å². The first-order chi connectivity index (χ1) is 11.3. The van der Waals surface area contributed by atoms with E-state index >= 15 is 0 Å². The number of ether oxygens (including phenoxy) is 2. The molecule has 1 aromatic rings. The number of benzene rings is 1. The van der Waals surface area contributed by atoms with Crippen LogP contribution in [0.25, 0.3) is 0 Å². The van der Waals surface area contributed by atoms with E-state index in [-0.39, 0.29) is 19.7 Å². The molecule has 7 nitrogen and oxygen atoms in total. The number of para-hydroxylation sites is 1. The smallest absolute Gasteiger partial charge is 0.415 e. The Bertz CT molecular complexity index is 570. The topological polar surface area (TPSA) is 79.3 Å². The van der Waals surface area contributed by atoms with Crippen LogP contribution in [-0.4, -0.2) is 65.0 Å². The Kier molecular flexibility index (Phi) is 5.66. The van der Waals surface area contributed by atoms with Crippen molar-refractivity contribution in [2.24, 2.45) is 0 Å². The van der Waals surface area contributed by atoms with Crippen LogP contribution in [0.5, 0.6) is 5.75 Å². The van der Waals surface area contributed by atoms with Gasteiger partial charge in [0.05, 0.1) is 12.6 Å². The minimum absolute atomic E-state index is 0.204. The number of nitrogens with zero attached hydrogens (tertiary/aromatic N) is 2. The summed E-state index contributed by atoms with van der Waals surface area (Å²) in [5.74, 6) is 0.439. The van der Waals surface area contributed by atoms with Crippen molar-refractivity contribution in [1.82, 2.24) is 9.80 Å². The molecule has 132 valence electrons. The Morgan fingerprint density at radius 2 is 1.83 bits per heavy atom. The zero-order chi connectivity index (χ0) is 17.7. The van der Waals surface area contributed by atoms with Crippen molar-refractivity contribution in [3.63, 3.8) is 0 Å². The summed E-state index contributed by atoms with van der Waals surface area (Å²) in [5.41, 5.74) is -0.588. The molecule has 1 aromatic carbocycles. The van der Waals surface area contributed by atoms with Crippen molar-refractivity contribution < 1.29 is 24.2 Å². The van der Waals surface area contributed by atoms with Crippen molar-refractivity contribution in [3.05, 3.63) is 30.3 Å². The summed E-state index contributed by atoms with van der Waals surface area (Å²) in [5, 5.41) is 9.58. The highest BCUT2D eigenvalue weighted by Gasteiger charge is 2.34. The third-order valence-corrected chi connectivity index (χ3v) is 3.53. The summed E-state index contributed by atoms with van der Waals surface area (Å²) in [7, 11) is 0. The fourth-order valence-electron chi connectivity index (χ4n) is 2.39. The Morgan fingerprint density at radius 3 is 2.42 bits per heavy atom. The van der Waals surface area contributed by atoms with E-state index in [1.807, 2.05) is 6.07 Å². The molecular weight excluding hydrogens is 312 g/mol. The van der Waals surface area contributed by atoms with E-state index in [9.17, 15) is 14.7 Å². The van der Waals surface area contributed by atoms with Gasteiger partial charge in [0.15, 0.2) is 0 Å². The molecule has 7 heteroatoms. The number of amides is 2. The zero-order valence-corrected chi connectivity index (χ0v) is 14.3. The summed E-state index contributed by atoms with van der Waals surface area (Å²) in [6.45, 7) is 5.93. The second kappa shape index (κ2) is 7.53. The second-order valence-corrected chi connectivity index (χ2v) is 6.64. The van der Waals surface area contributed by atoms with Crippen molar-refractivity contribution in [3.8, 4) is 5.75 Å². The van der Waals surface area contributed by atoms with Gasteiger partial charge in [-0.1, -0.05) is 18.2 Å². The maximum atomic E-state index is 12.3. The molecule has 0 saturated carbocycles. The van der Waals surface area contributed by atoms with E-state index < -0.39 is 23.8 Å². The lowest BCUT2D eigenvalue weighted by molar-refractivity contribution is -0.000652. The SMILES string of the molecule is CC(C)(C)OC(=O)N1CCN(C(=O)Oc2ccccc2)C(CO)C1.